The van der Waals surface area contributed by atoms with Crippen molar-refractivity contribution in [1.82, 2.24) is 5.43 Å². The number of benzene rings is 1. The van der Waals surface area contributed by atoms with Gasteiger partial charge in [-0.05, 0) is 48.8 Å². The summed E-state index contributed by atoms with van der Waals surface area (Å²) in [6.07, 6.45) is 4.22. The molecule has 138 valence electrons. The van der Waals surface area contributed by atoms with Crippen molar-refractivity contribution >= 4 is 38.7 Å². The maximum atomic E-state index is 12.5. The molecular formula is C18H21N3O3S2. The molecule has 3 rings (SSSR count). The number of thiophene rings is 1. The van der Waals surface area contributed by atoms with Gasteiger partial charge in [0.1, 0.15) is 4.21 Å². The number of nitrogens with one attached hydrogen (secondary N) is 2. The van der Waals surface area contributed by atoms with Crippen LogP contribution in [-0.4, -0.2) is 20.0 Å². The van der Waals surface area contributed by atoms with Crippen molar-refractivity contribution in [2.75, 3.05) is 4.72 Å². The number of hydrogen-bond donors (Lipinski definition) is 2. The summed E-state index contributed by atoms with van der Waals surface area (Å²) in [5.41, 5.74) is 4.03. The van der Waals surface area contributed by atoms with Gasteiger partial charge in [-0.1, -0.05) is 31.5 Å². The fourth-order valence-corrected chi connectivity index (χ4v) is 4.97. The van der Waals surface area contributed by atoms with E-state index in [0.29, 0.717) is 5.92 Å². The standard InChI is InChI=1S/C18H21N3O3S2/c1-13-7-2-4-9-15(13)19-20-18(22)14-8-3-5-10-16(14)21-26(23,24)17-11-6-12-25-17/h3,5-6,8,10-13,21H,2,4,7,9H2,1H3,(H,20,22). The van der Waals surface area contributed by atoms with Crippen molar-refractivity contribution in [3.63, 3.8) is 0 Å². The van der Waals surface area contributed by atoms with Crippen LogP contribution in [-0.2, 0) is 10.0 Å². The zero-order chi connectivity index (χ0) is 18.6. The van der Waals surface area contributed by atoms with Gasteiger partial charge in [-0.3, -0.25) is 9.52 Å². The molecule has 1 unspecified atom stereocenters. The Balaban J connectivity index is 1.78. The second-order valence-electron chi connectivity index (χ2n) is 6.27. The predicted molar refractivity (Wildman–Crippen MR) is 104 cm³/mol. The van der Waals surface area contributed by atoms with E-state index in [2.05, 4.69) is 22.2 Å². The summed E-state index contributed by atoms with van der Waals surface area (Å²) in [4.78, 5) is 12.5. The van der Waals surface area contributed by atoms with E-state index in [-0.39, 0.29) is 15.5 Å². The Morgan fingerprint density at radius 2 is 2.00 bits per heavy atom. The largest absolute Gasteiger partial charge is 0.278 e. The SMILES string of the molecule is CC1CCCCC1=NNC(=O)c1ccccc1NS(=O)(=O)c1cccs1. The minimum absolute atomic E-state index is 0.198. The summed E-state index contributed by atoms with van der Waals surface area (Å²) in [6.45, 7) is 2.10. The highest BCUT2D eigenvalue weighted by molar-refractivity contribution is 7.94. The highest BCUT2D eigenvalue weighted by Crippen LogP contribution is 2.23. The Bertz CT molecular complexity index is 906. The Morgan fingerprint density at radius 3 is 2.73 bits per heavy atom. The molecule has 2 N–H and O–H groups in total. The van der Waals surface area contributed by atoms with Crippen molar-refractivity contribution in [1.29, 1.82) is 0 Å². The molecule has 26 heavy (non-hydrogen) atoms. The van der Waals surface area contributed by atoms with Crippen LogP contribution < -0.4 is 10.1 Å². The second kappa shape index (κ2) is 8.01. The van der Waals surface area contributed by atoms with Crippen LogP contribution in [0.5, 0.6) is 0 Å². The lowest BCUT2D eigenvalue weighted by atomic mass is 9.89. The average molecular weight is 392 g/mol. The molecule has 1 aromatic heterocycles. The molecule has 1 aromatic carbocycles. The number of hydrogen-bond acceptors (Lipinski definition) is 5. The molecule has 0 bridgehead atoms. The van der Waals surface area contributed by atoms with E-state index in [1.807, 2.05) is 0 Å². The molecular weight excluding hydrogens is 370 g/mol. The summed E-state index contributed by atoms with van der Waals surface area (Å²) in [6, 6.07) is 9.69. The maximum absolute atomic E-state index is 12.5. The van der Waals surface area contributed by atoms with E-state index in [4.69, 9.17) is 0 Å². The molecule has 1 atom stereocenters. The smallest absolute Gasteiger partial charge is 0.273 e. The summed E-state index contributed by atoms with van der Waals surface area (Å²) < 4.78 is 27.5. The van der Waals surface area contributed by atoms with E-state index < -0.39 is 15.9 Å². The fraction of sp³-hybridized carbons (Fsp3) is 0.333. The molecule has 0 spiro atoms. The predicted octanol–water partition coefficient (Wildman–Crippen LogP) is 3.84. The normalized spacial score (nSPS) is 19.3. The van der Waals surface area contributed by atoms with Gasteiger partial charge in [-0.15, -0.1) is 11.3 Å². The van der Waals surface area contributed by atoms with Crippen LogP contribution in [0.2, 0.25) is 0 Å². The fourth-order valence-electron chi connectivity index (χ4n) is 2.90. The third-order valence-electron chi connectivity index (χ3n) is 4.37. The van der Waals surface area contributed by atoms with E-state index in [9.17, 15) is 13.2 Å². The molecule has 6 nitrogen and oxygen atoms in total. The van der Waals surface area contributed by atoms with Gasteiger partial charge >= 0.3 is 0 Å². The van der Waals surface area contributed by atoms with E-state index in [1.165, 1.54) is 12.5 Å². The number of hydrazone groups is 1. The minimum Gasteiger partial charge on any atom is -0.278 e. The van der Waals surface area contributed by atoms with Crippen LogP contribution in [0.15, 0.2) is 51.1 Å². The van der Waals surface area contributed by atoms with Gasteiger partial charge in [0.15, 0.2) is 0 Å². The summed E-state index contributed by atoms with van der Waals surface area (Å²) >= 11 is 1.12. The number of carbonyl (C=O) groups excluding carboxylic acids is 1. The topological polar surface area (TPSA) is 87.6 Å². The lowest BCUT2D eigenvalue weighted by molar-refractivity contribution is 0.0955. The number of para-hydroxylation sites is 1. The van der Waals surface area contributed by atoms with Crippen molar-refractivity contribution in [3.8, 4) is 0 Å². The quantitative estimate of drug-likeness (QED) is 0.759. The van der Waals surface area contributed by atoms with Crippen LogP contribution in [0, 0.1) is 5.92 Å². The van der Waals surface area contributed by atoms with E-state index in [0.717, 1.165) is 36.3 Å². The first-order valence-electron chi connectivity index (χ1n) is 8.49. The van der Waals surface area contributed by atoms with Crippen LogP contribution in [0.1, 0.15) is 43.0 Å². The Kier molecular flexibility index (Phi) is 5.73. The van der Waals surface area contributed by atoms with Gasteiger partial charge in [-0.2, -0.15) is 5.10 Å². The molecule has 0 aliphatic heterocycles. The summed E-state index contributed by atoms with van der Waals surface area (Å²) in [7, 11) is -3.72. The Morgan fingerprint density at radius 1 is 1.19 bits per heavy atom. The number of anilines is 1. The number of rotatable bonds is 5. The number of nitrogens with zero attached hydrogens (tertiary/aromatic N) is 1. The summed E-state index contributed by atoms with van der Waals surface area (Å²) in [5, 5.41) is 5.96. The van der Waals surface area contributed by atoms with Crippen molar-refractivity contribution in [2.24, 2.45) is 11.0 Å². The summed E-state index contributed by atoms with van der Waals surface area (Å²) in [5.74, 6) is -0.0728. The van der Waals surface area contributed by atoms with Crippen molar-refractivity contribution in [3.05, 3.63) is 47.3 Å². The van der Waals surface area contributed by atoms with Gasteiger partial charge in [0.25, 0.3) is 15.9 Å². The molecule has 1 heterocycles. The Labute approximate surface area is 157 Å². The Hall–Kier alpha value is -2.19. The molecule has 1 aliphatic rings. The molecule has 8 heteroatoms. The second-order valence-corrected chi connectivity index (χ2v) is 9.13. The van der Waals surface area contributed by atoms with Crippen LogP contribution >= 0.6 is 11.3 Å². The monoisotopic (exact) mass is 391 g/mol. The zero-order valence-electron chi connectivity index (χ0n) is 14.4. The highest BCUT2D eigenvalue weighted by Gasteiger charge is 2.20. The first-order chi connectivity index (χ1) is 12.5. The van der Waals surface area contributed by atoms with E-state index in [1.54, 1.807) is 35.7 Å². The van der Waals surface area contributed by atoms with E-state index >= 15 is 0 Å². The molecule has 1 saturated carbocycles. The number of sulfonamides is 1. The number of carbonyl (C=O) groups is 1. The zero-order valence-corrected chi connectivity index (χ0v) is 16.1. The van der Waals surface area contributed by atoms with Crippen LogP contribution in [0.25, 0.3) is 0 Å². The molecule has 2 aromatic rings. The highest BCUT2D eigenvalue weighted by atomic mass is 32.2. The minimum atomic E-state index is -3.72. The van der Waals surface area contributed by atoms with Gasteiger partial charge in [-0.25, -0.2) is 13.8 Å². The molecule has 0 saturated heterocycles. The van der Waals surface area contributed by atoms with Crippen LogP contribution in [0.4, 0.5) is 5.69 Å². The first-order valence-corrected chi connectivity index (χ1v) is 10.9. The van der Waals surface area contributed by atoms with Gasteiger partial charge < -0.3 is 0 Å². The molecule has 0 radical (unpaired) electrons. The lowest BCUT2D eigenvalue weighted by Crippen LogP contribution is -2.25. The third-order valence-corrected chi connectivity index (χ3v) is 7.13. The van der Waals surface area contributed by atoms with Gasteiger partial charge in [0, 0.05) is 5.71 Å². The molecule has 1 fully saturated rings. The molecule has 1 amide bonds. The van der Waals surface area contributed by atoms with Gasteiger partial charge in [0.2, 0.25) is 0 Å². The maximum Gasteiger partial charge on any atom is 0.273 e. The average Bonchev–Trinajstić information content (AvgIpc) is 3.17. The first kappa shape index (κ1) is 18.6. The lowest BCUT2D eigenvalue weighted by Gasteiger charge is -2.20. The van der Waals surface area contributed by atoms with Crippen LogP contribution in [0.3, 0.4) is 0 Å². The van der Waals surface area contributed by atoms with Gasteiger partial charge in [0.05, 0.1) is 11.3 Å². The van der Waals surface area contributed by atoms with Crippen molar-refractivity contribution < 1.29 is 13.2 Å². The van der Waals surface area contributed by atoms with Crippen molar-refractivity contribution in [2.45, 2.75) is 36.8 Å². The number of amides is 1. The third kappa shape index (κ3) is 4.31. The molecule has 1 aliphatic carbocycles.